The molecule has 2 aromatic carbocycles. The number of hydrogen-bond acceptors (Lipinski definition) is 4. The molecule has 0 saturated heterocycles. The Bertz CT molecular complexity index is 1310. The van der Waals surface area contributed by atoms with Gasteiger partial charge in [0.25, 0.3) is 5.56 Å². The fourth-order valence-corrected chi connectivity index (χ4v) is 4.04. The van der Waals surface area contributed by atoms with Gasteiger partial charge >= 0.3 is 6.09 Å². The van der Waals surface area contributed by atoms with E-state index < -0.39 is 6.09 Å². The molecule has 154 valence electrons. The molecule has 0 bridgehead atoms. The third-order valence-electron chi connectivity index (χ3n) is 5.45. The number of nitrogens with zero attached hydrogens (tertiary/aromatic N) is 2. The van der Waals surface area contributed by atoms with Crippen molar-refractivity contribution < 1.29 is 9.53 Å². The maximum Gasteiger partial charge on any atom is 0.407 e. The van der Waals surface area contributed by atoms with E-state index in [2.05, 4.69) is 39.7 Å². The van der Waals surface area contributed by atoms with Crippen molar-refractivity contribution in [3.8, 4) is 11.1 Å². The Morgan fingerprint density at radius 2 is 1.84 bits per heavy atom. The van der Waals surface area contributed by atoms with Gasteiger partial charge in [-0.3, -0.25) is 4.79 Å². The number of hydrogen-bond donors (Lipinski definition) is 2. The molecule has 4 aromatic rings. The molecule has 7 heteroatoms. The van der Waals surface area contributed by atoms with Gasteiger partial charge in [0.15, 0.2) is 0 Å². The second-order valence-corrected chi connectivity index (χ2v) is 7.33. The van der Waals surface area contributed by atoms with Crippen LogP contribution in [0.25, 0.3) is 22.7 Å². The number of ether oxygens (including phenoxy) is 1. The lowest BCUT2D eigenvalue weighted by molar-refractivity contribution is 0.144. The molecule has 0 fully saturated rings. The van der Waals surface area contributed by atoms with E-state index in [1.54, 1.807) is 18.3 Å². The van der Waals surface area contributed by atoms with Gasteiger partial charge in [-0.15, -0.1) is 0 Å². The third-order valence-corrected chi connectivity index (χ3v) is 5.45. The first-order valence-electron chi connectivity index (χ1n) is 10.0. The predicted octanol–water partition coefficient (Wildman–Crippen LogP) is 3.57. The molecule has 0 radical (unpaired) electrons. The number of rotatable bonds is 5. The van der Waals surface area contributed by atoms with Crippen molar-refractivity contribution in [3.63, 3.8) is 0 Å². The highest BCUT2D eigenvalue weighted by molar-refractivity contribution is 5.79. The maximum absolute atomic E-state index is 12.2. The number of carbonyl (C=O) groups is 1. The van der Waals surface area contributed by atoms with Crippen molar-refractivity contribution in [2.45, 2.75) is 5.92 Å². The molecule has 0 saturated carbocycles. The molecular weight excluding hydrogens is 392 g/mol. The quantitative estimate of drug-likeness (QED) is 0.525. The first kappa shape index (κ1) is 18.9. The lowest BCUT2D eigenvalue weighted by Crippen LogP contribution is -2.26. The van der Waals surface area contributed by atoms with Crippen LogP contribution in [0.4, 0.5) is 4.79 Å². The van der Waals surface area contributed by atoms with E-state index in [-0.39, 0.29) is 18.1 Å². The molecule has 1 aliphatic carbocycles. The fourth-order valence-electron chi connectivity index (χ4n) is 4.04. The second kappa shape index (κ2) is 7.95. The van der Waals surface area contributed by atoms with Crippen LogP contribution >= 0.6 is 0 Å². The van der Waals surface area contributed by atoms with Gasteiger partial charge in [0.05, 0.1) is 0 Å². The van der Waals surface area contributed by atoms with E-state index in [4.69, 9.17) is 4.74 Å². The van der Waals surface area contributed by atoms with E-state index in [9.17, 15) is 9.59 Å². The summed E-state index contributed by atoms with van der Waals surface area (Å²) in [5.41, 5.74) is 5.84. The zero-order chi connectivity index (χ0) is 21.2. The average molecular weight is 412 g/mol. The largest absolute Gasteiger partial charge is 0.449 e. The maximum atomic E-state index is 12.2. The van der Waals surface area contributed by atoms with E-state index in [0.717, 1.165) is 5.56 Å². The predicted molar refractivity (Wildman–Crippen MR) is 118 cm³/mol. The number of fused-ring (bicyclic) bond motifs is 4. The molecule has 1 aliphatic rings. The van der Waals surface area contributed by atoms with Crippen LogP contribution in [-0.2, 0) is 4.74 Å². The first-order chi connectivity index (χ1) is 15.2. The second-order valence-electron chi connectivity index (χ2n) is 7.33. The van der Waals surface area contributed by atoms with Crippen molar-refractivity contribution in [1.82, 2.24) is 19.9 Å². The van der Waals surface area contributed by atoms with Gasteiger partial charge in [-0.25, -0.2) is 9.31 Å². The molecule has 31 heavy (non-hydrogen) atoms. The summed E-state index contributed by atoms with van der Waals surface area (Å²) in [6.07, 6.45) is 6.24. The van der Waals surface area contributed by atoms with Gasteiger partial charge in [0.1, 0.15) is 18.5 Å². The summed E-state index contributed by atoms with van der Waals surface area (Å²) in [5, 5.41) is 6.78. The first-order valence-corrected chi connectivity index (χ1v) is 10.0. The van der Waals surface area contributed by atoms with Crippen molar-refractivity contribution in [2.75, 3.05) is 13.2 Å². The average Bonchev–Trinajstić information content (AvgIpc) is 3.35. The molecule has 2 heterocycles. The molecule has 0 atom stereocenters. The Labute approximate surface area is 178 Å². The number of aromatic amines is 1. The fraction of sp³-hybridized carbons (Fsp3) is 0.125. The van der Waals surface area contributed by atoms with Crippen LogP contribution in [0.1, 0.15) is 22.6 Å². The number of carbonyl (C=O) groups excluding carboxylic acids is 1. The molecule has 0 aliphatic heterocycles. The molecule has 7 nitrogen and oxygen atoms in total. The van der Waals surface area contributed by atoms with Gasteiger partial charge in [-0.2, -0.15) is 5.10 Å². The summed E-state index contributed by atoms with van der Waals surface area (Å²) >= 11 is 0. The number of nitrogens with one attached hydrogen (secondary N) is 2. The molecule has 0 unspecified atom stereocenters. The van der Waals surface area contributed by atoms with E-state index in [1.165, 1.54) is 33.1 Å². The number of amides is 1. The number of H-pyrrole nitrogens is 1. The van der Waals surface area contributed by atoms with E-state index >= 15 is 0 Å². The summed E-state index contributed by atoms with van der Waals surface area (Å²) in [4.78, 5) is 26.5. The SMILES string of the molecule is O=C(NCC=Cc1cc2c(=O)[nH]cnn2c1)OCC1c2ccccc2-c2ccccc21. The van der Waals surface area contributed by atoms with E-state index in [0.29, 0.717) is 12.1 Å². The molecule has 2 aromatic heterocycles. The summed E-state index contributed by atoms with van der Waals surface area (Å²) < 4.78 is 7.02. The highest BCUT2D eigenvalue weighted by atomic mass is 16.5. The van der Waals surface area contributed by atoms with Crippen LogP contribution in [0.3, 0.4) is 0 Å². The zero-order valence-corrected chi connectivity index (χ0v) is 16.6. The van der Waals surface area contributed by atoms with Crippen molar-refractivity contribution in [1.29, 1.82) is 0 Å². The lowest BCUT2D eigenvalue weighted by atomic mass is 9.98. The Kier molecular flexibility index (Phi) is 4.84. The van der Waals surface area contributed by atoms with Gasteiger partial charge in [-0.1, -0.05) is 60.7 Å². The van der Waals surface area contributed by atoms with Crippen LogP contribution in [0.15, 0.2) is 78.0 Å². The van der Waals surface area contributed by atoms with Crippen LogP contribution in [0.2, 0.25) is 0 Å². The van der Waals surface area contributed by atoms with Gasteiger partial charge in [-0.05, 0) is 33.9 Å². The minimum atomic E-state index is -0.466. The monoisotopic (exact) mass is 412 g/mol. The van der Waals surface area contributed by atoms with Crippen LogP contribution < -0.4 is 10.9 Å². The van der Waals surface area contributed by atoms with Crippen LogP contribution in [-0.4, -0.2) is 33.8 Å². The smallest absolute Gasteiger partial charge is 0.407 e. The molecule has 5 rings (SSSR count). The summed E-state index contributed by atoms with van der Waals surface area (Å²) in [6, 6.07) is 18.2. The van der Waals surface area contributed by atoms with Gasteiger partial charge < -0.3 is 15.0 Å². The highest BCUT2D eigenvalue weighted by Crippen LogP contribution is 2.44. The number of alkyl carbamates (subject to hydrolysis) is 1. The van der Waals surface area contributed by atoms with Crippen molar-refractivity contribution >= 4 is 17.7 Å². The lowest BCUT2D eigenvalue weighted by Gasteiger charge is -2.14. The number of benzene rings is 2. The van der Waals surface area contributed by atoms with Crippen molar-refractivity contribution in [3.05, 3.63) is 100 Å². The summed E-state index contributed by atoms with van der Waals surface area (Å²) in [5.74, 6) is 0.0352. The molecule has 0 spiro atoms. The third kappa shape index (κ3) is 3.61. The Morgan fingerprint density at radius 1 is 1.13 bits per heavy atom. The minimum Gasteiger partial charge on any atom is -0.449 e. The standard InChI is InChI=1S/C24H20N4O3/c29-23-22-12-16(13-28(22)27-15-26-23)6-5-11-25-24(30)31-14-21-19-9-3-1-7-17(19)18-8-2-4-10-20(18)21/h1-10,12-13,15,21H,11,14H2,(H,25,30)(H,26,27,29). The molecule has 2 N–H and O–H groups in total. The van der Waals surface area contributed by atoms with Crippen molar-refractivity contribution in [2.24, 2.45) is 0 Å². The van der Waals surface area contributed by atoms with Crippen LogP contribution in [0, 0.1) is 0 Å². The van der Waals surface area contributed by atoms with E-state index in [1.807, 2.05) is 30.3 Å². The highest BCUT2D eigenvalue weighted by Gasteiger charge is 2.28. The summed E-state index contributed by atoms with van der Waals surface area (Å²) in [6.45, 7) is 0.593. The van der Waals surface area contributed by atoms with Crippen LogP contribution in [0.5, 0.6) is 0 Å². The Hall–Kier alpha value is -4.13. The molecular formula is C24H20N4O3. The Balaban J connectivity index is 1.18. The Morgan fingerprint density at radius 3 is 2.55 bits per heavy atom. The van der Waals surface area contributed by atoms with Gasteiger partial charge in [0.2, 0.25) is 0 Å². The zero-order valence-electron chi connectivity index (χ0n) is 16.6. The number of aromatic nitrogens is 3. The topological polar surface area (TPSA) is 88.5 Å². The summed E-state index contributed by atoms with van der Waals surface area (Å²) in [7, 11) is 0. The normalized spacial score (nSPS) is 12.8. The molecule has 1 amide bonds. The van der Waals surface area contributed by atoms with Gasteiger partial charge in [0, 0.05) is 18.7 Å². The minimum absolute atomic E-state index is 0.0352.